The van der Waals surface area contributed by atoms with Crippen molar-refractivity contribution in [3.8, 4) is 11.4 Å². The number of nitrogens with zero attached hydrogens (tertiary/aromatic N) is 8. The molecule has 172 valence electrons. The third-order valence-electron chi connectivity index (χ3n) is 5.98. The molecule has 4 aromatic heterocycles. The molecule has 5 heterocycles. The number of fused-ring (bicyclic) bond motifs is 2. The Balaban J connectivity index is 1.49. The summed E-state index contributed by atoms with van der Waals surface area (Å²) in [6.07, 6.45) is -2.45. The lowest BCUT2D eigenvalue weighted by Gasteiger charge is -2.26. The van der Waals surface area contributed by atoms with Gasteiger partial charge in [-0.2, -0.15) is 28.5 Å². The number of carbonyl (C=O) groups excluding carboxylic acids is 1. The van der Waals surface area contributed by atoms with Gasteiger partial charge in [0, 0.05) is 38.9 Å². The molecular formula is C21H21F3N8O. The minimum absolute atomic E-state index is 0.227. The van der Waals surface area contributed by atoms with Crippen molar-refractivity contribution in [1.82, 2.24) is 39.2 Å². The van der Waals surface area contributed by atoms with Gasteiger partial charge in [0.15, 0.2) is 5.69 Å². The number of alkyl halides is 3. The van der Waals surface area contributed by atoms with E-state index in [4.69, 9.17) is 0 Å². The van der Waals surface area contributed by atoms with Crippen molar-refractivity contribution in [2.75, 3.05) is 6.54 Å². The van der Waals surface area contributed by atoms with Gasteiger partial charge in [-0.15, -0.1) is 0 Å². The lowest BCUT2D eigenvalue weighted by atomic mass is 10.0. The van der Waals surface area contributed by atoms with E-state index in [0.29, 0.717) is 46.8 Å². The van der Waals surface area contributed by atoms with Crippen LogP contribution >= 0.6 is 0 Å². The number of rotatable bonds is 2. The smallest absolute Gasteiger partial charge is 0.331 e. The van der Waals surface area contributed by atoms with Crippen molar-refractivity contribution in [3.05, 3.63) is 46.7 Å². The van der Waals surface area contributed by atoms with Gasteiger partial charge in [0.2, 0.25) is 0 Å². The maximum atomic E-state index is 13.4. The molecule has 0 saturated heterocycles. The average molecular weight is 458 g/mol. The maximum Gasteiger partial charge on any atom is 0.435 e. The number of carbonyl (C=O) groups is 1. The highest BCUT2D eigenvalue weighted by atomic mass is 19.4. The molecule has 0 fully saturated rings. The highest BCUT2D eigenvalue weighted by Gasteiger charge is 2.36. The Kier molecular flexibility index (Phi) is 4.59. The minimum Gasteiger partial charge on any atom is -0.331 e. The van der Waals surface area contributed by atoms with Crippen molar-refractivity contribution >= 4 is 16.8 Å². The minimum atomic E-state index is -4.53. The summed E-state index contributed by atoms with van der Waals surface area (Å²) in [6.45, 7) is 2.46. The molecule has 0 radical (unpaired) electrons. The number of hydrogen-bond acceptors (Lipinski definition) is 5. The molecular weight excluding hydrogens is 437 g/mol. The van der Waals surface area contributed by atoms with E-state index >= 15 is 0 Å². The van der Waals surface area contributed by atoms with Gasteiger partial charge in [-0.3, -0.25) is 18.8 Å². The molecule has 0 aliphatic carbocycles. The average Bonchev–Trinajstić information content (AvgIpc) is 3.40. The van der Waals surface area contributed by atoms with Crippen molar-refractivity contribution in [3.63, 3.8) is 0 Å². The van der Waals surface area contributed by atoms with E-state index in [1.807, 2.05) is 13.0 Å². The van der Waals surface area contributed by atoms with Crippen LogP contribution in [0.2, 0.25) is 0 Å². The monoisotopic (exact) mass is 458 g/mol. The Labute approximate surface area is 186 Å². The van der Waals surface area contributed by atoms with Crippen LogP contribution in [-0.2, 0) is 40.3 Å². The first-order valence-corrected chi connectivity index (χ1v) is 10.3. The Bertz CT molecular complexity index is 1410. The zero-order chi connectivity index (χ0) is 23.7. The van der Waals surface area contributed by atoms with E-state index in [0.717, 1.165) is 17.1 Å². The van der Waals surface area contributed by atoms with Gasteiger partial charge in [-0.25, -0.2) is 4.98 Å². The highest BCUT2D eigenvalue weighted by Crippen LogP contribution is 2.35. The summed E-state index contributed by atoms with van der Waals surface area (Å²) in [7, 11) is 4.97. The predicted octanol–water partition coefficient (Wildman–Crippen LogP) is 2.63. The van der Waals surface area contributed by atoms with Gasteiger partial charge in [0.25, 0.3) is 5.91 Å². The molecule has 0 aromatic carbocycles. The zero-order valence-corrected chi connectivity index (χ0v) is 18.5. The molecule has 0 unspecified atom stereocenters. The van der Waals surface area contributed by atoms with Crippen LogP contribution in [0.4, 0.5) is 13.2 Å². The third kappa shape index (κ3) is 3.36. The largest absolute Gasteiger partial charge is 0.435 e. The number of pyridine rings is 1. The van der Waals surface area contributed by atoms with Gasteiger partial charge in [0.1, 0.15) is 5.69 Å². The molecule has 9 nitrogen and oxygen atoms in total. The first-order chi connectivity index (χ1) is 15.5. The van der Waals surface area contributed by atoms with E-state index in [2.05, 4.69) is 20.3 Å². The Morgan fingerprint density at radius 2 is 1.82 bits per heavy atom. The molecule has 0 atom stereocenters. The fraction of sp³-hybridized carbons (Fsp3) is 0.381. The number of aromatic nitrogens is 7. The summed E-state index contributed by atoms with van der Waals surface area (Å²) in [5.74, 6) is -0.227. The summed E-state index contributed by atoms with van der Waals surface area (Å²) in [5.41, 5.74) is 3.29. The van der Waals surface area contributed by atoms with Crippen LogP contribution in [0.3, 0.4) is 0 Å². The first-order valence-electron chi connectivity index (χ1n) is 10.3. The fourth-order valence-corrected chi connectivity index (χ4v) is 4.42. The second kappa shape index (κ2) is 7.15. The van der Waals surface area contributed by atoms with E-state index < -0.39 is 11.9 Å². The SMILES string of the molecule is Cc1cc2c(cnn2C)c(C(=O)N2CCc3c(nn(C)c3-c3cc(C(F)(F)F)nn3C)C2)n1. The predicted molar refractivity (Wildman–Crippen MR) is 112 cm³/mol. The van der Waals surface area contributed by atoms with Crippen molar-refractivity contribution in [1.29, 1.82) is 0 Å². The van der Waals surface area contributed by atoms with Gasteiger partial charge in [0.05, 0.1) is 40.7 Å². The van der Waals surface area contributed by atoms with Gasteiger partial charge >= 0.3 is 6.18 Å². The van der Waals surface area contributed by atoms with Crippen LogP contribution in [-0.4, -0.2) is 51.7 Å². The standard InChI is InChI=1S/C21H21F3N8O/c1-11-7-15-13(9-25-29(15)2)18(26-11)20(33)32-6-5-12-14(10-32)27-31(4)19(12)16-8-17(21(22,23)24)28-30(16)3/h7-9H,5-6,10H2,1-4H3. The maximum absolute atomic E-state index is 13.4. The number of hydrogen-bond donors (Lipinski definition) is 0. The van der Waals surface area contributed by atoms with Crippen LogP contribution in [0.15, 0.2) is 18.3 Å². The zero-order valence-electron chi connectivity index (χ0n) is 18.5. The lowest BCUT2D eigenvalue weighted by Crippen LogP contribution is -2.36. The third-order valence-corrected chi connectivity index (χ3v) is 5.98. The van der Waals surface area contributed by atoms with Crippen LogP contribution in [0, 0.1) is 6.92 Å². The topological polar surface area (TPSA) is 86.7 Å². The molecule has 4 aromatic rings. The van der Waals surface area contributed by atoms with Crippen molar-refractivity contribution in [2.45, 2.75) is 26.1 Å². The molecule has 1 aliphatic rings. The van der Waals surface area contributed by atoms with E-state index in [9.17, 15) is 18.0 Å². The molecule has 0 saturated carbocycles. The van der Waals surface area contributed by atoms with E-state index in [1.165, 1.54) is 11.7 Å². The molecule has 0 N–H and O–H groups in total. The molecule has 1 aliphatic heterocycles. The first kappa shape index (κ1) is 21.2. The van der Waals surface area contributed by atoms with E-state index in [1.54, 1.807) is 34.6 Å². The normalized spacial score (nSPS) is 14.2. The summed E-state index contributed by atoms with van der Waals surface area (Å²) < 4.78 is 43.9. The van der Waals surface area contributed by atoms with Crippen LogP contribution in [0.1, 0.15) is 33.1 Å². The number of aryl methyl sites for hydroxylation is 4. The second-order valence-corrected chi connectivity index (χ2v) is 8.22. The molecule has 1 amide bonds. The highest BCUT2D eigenvalue weighted by molar-refractivity contribution is 6.04. The molecule has 0 spiro atoms. The summed E-state index contributed by atoms with van der Waals surface area (Å²) in [5, 5.41) is 13.0. The molecule has 12 heteroatoms. The molecule has 33 heavy (non-hydrogen) atoms. The second-order valence-electron chi connectivity index (χ2n) is 8.22. The number of amides is 1. The van der Waals surface area contributed by atoms with Crippen LogP contribution < -0.4 is 0 Å². The molecule has 5 rings (SSSR count). The quantitative estimate of drug-likeness (QED) is 0.461. The fourth-order valence-electron chi connectivity index (χ4n) is 4.42. The van der Waals surface area contributed by atoms with Gasteiger partial charge in [-0.1, -0.05) is 0 Å². The number of halogens is 3. The van der Waals surface area contributed by atoms with Crippen molar-refractivity contribution in [2.24, 2.45) is 21.1 Å². The van der Waals surface area contributed by atoms with Crippen molar-refractivity contribution < 1.29 is 18.0 Å². The summed E-state index contributed by atoms with van der Waals surface area (Å²) >= 11 is 0. The van der Waals surface area contributed by atoms with Gasteiger partial charge in [-0.05, 0) is 25.5 Å². The Hall–Kier alpha value is -3.70. The Morgan fingerprint density at radius 1 is 1.06 bits per heavy atom. The molecule has 0 bridgehead atoms. The Morgan fingerprint density at radius 3 is 2.52 bits per heavy atom. The van der Waals surface area contributed by atoms with E-state index in [-0.39, 0.29) is 12.5 Å². The summed E-state index contributed by atoms with van der Waals surface area (Å²) in [6, 6.07) is 2.91. The van der Waals surface area contributed by atoms with Gasteiger partial charge < -0.3 is 4.90 Å². The lowest BCUT2D eigenvalue weighted by molar-refractivity contribution is -0.141. The van der Waals surface area contributed by atoms with Crippen LogP contribution in [0.25, 0.3) is 22.3 Å². The van der Waals surface area contributed by atoms with Crippen LogP contribution in [0.5, 0.6) is 0 Å². The summed E-state index contributed by atoms with van der Waals surface area (Å²) in [4.78, 5) is 19.5.